The summed E-state index contributed by atoms with van der Waals surface area (Å²) in [6.45, 7) is 2.95. The minimum absolute atomic E-state index is 0.0863. The van der Waals surface area contributed by atoms with E-state index >= 15 is 0 Å². The van der Waals surface area contributed by atoms with Crippen molar-refractivity contribution >= 4 is 11.6 Å². The number of benzene rings is 2. The Balaban J connectivity index is 1.88. The SMILES string of the molecule is CCc1ccc(C(Cl)c2ccc3c(c2)CCO3)cc1. The molecule has 1 aliphatic rings. The van der Waals surface area contributed by atoms with Crippen LogP contribution in [-0.2, 0) is 12.8 Å². The van der Waals surface area contributed by atoms with E-state index < -0.39 is 0 Å². The average molecular weight is 273 g/mol. The van der Waals surface area contributed by atoms with Crippen molar-refractivity contribution in [2.24, 2.45) is 0 Å². The van der Waals surface area contributed by atoms with E-state index in [9.17, 15) is 0 Å². The summed E-state index contributed by atoms with van der Waals surface area (Å²) in [7, 11) is 0. The van der Waals surface area contributed by atoms with Crippen LogP contribution in [0.25, 0.3) is 0 Å². The summed E-state index contributed by atoms with van der Waals surface area (Å²) in [5.41, 5.74) is 4.91. The Morgan fingerprint density at radius 1 is 1.11 bits per heavy atom. The average Bonchev–Trinajstić information content (AvgIpc) is 2.94. The van der Waals surface area contributed by atoms with Gasteiger partial charge in [-0.1, -0.05) is 43.3 Å². The molecule has 0 aromatic heterocycles. The monoisotopic (exact) mass is 272 g/mol. The Morgan fingerprint density at radius 2 is 1.84 bits per heavy atom. The number of halogens is 1. The molecule has 1 nitrogen and oxygen atoms in total. The molecule has 0 aliphatic carbocycles. The lowest BCUT2D eigenvalue weighted by Gasteiger charge is -2.12. The molecule has 0 N–H and O–H groups in total. The van der Waals surface area contributed by atoms with Crippen molar-refractivity contribution < 1.29 is 4.74 Å². The highest BCUT2D eigenvalue weighted by Gasteiger charge is 2.16. The van der Waals surface area contributed by atoms with E-state index in [1.807, 2.05) is 6.07 Å². The second-order valence-electron chi connectivity index (χ2n) is 4.92. The number of rotatable bonds is 3. The normalized spacial score (nSPS) is 14.8. The highest BCUT2D eigenvalue weighted by Crippen LogP contribution is 2.34. The van der Waals surface area contributed by atoms with Gasteiger partial charge in [-0.25, -0.2) is 0 Å². The molecule has 0 saturated heterocycles. The van der Waals surface area contributed by atoms with Gasteiger partial charge in [0.2, 0.25) is 0 Å². The van der Waals surface area contributed by atoms with Crippen LogP contribution in [0.4, 0.5) is 0 Å². The number of aryl methyl sites for hydroxylation is 1. The molecule has 0 amide bonds. The first-order valence-electron chi connectivity index (χ1n) is 6.76. The standard InChI is InChI=1S/C17H17ClO/c1-2-12-3-5-13(6-4-12)17(18)15-7-8-16-14(11-15)9-10-19-16/h3-8,11,17H,2,9-10H2,1H3. The minimum atomic E-state index is -0.0863. The van der Waals surface area contributed by atoms with E-state index in [1.54, 1.807) is 0 Å². The first kappa shape index (κ1) is 12.6. The smallest absolute Gasteiger partial charge is 0.122 e. The van der Waals surface area contributed by atoms with Gasteiger partial charge < -0.3 is 4.74 Å². The first-order chi connectivity index (χ1) is 9.28. The Morgan fingerprint density at radius 3 is 2.58 bits per heavy atom. The molecule has 2 aromatic carbocycles. The largest absolute Gasteiger partial charge is 0.493 e. The molecule has 3 rings (SSSR count). The second kappa shape index (κ2) is 5.26. The fraction of sp³-hybridized carbons (Fsp3) is 0.294. The summed E-state index contributed by atoms with van der Waals surface area (Å²) in [5.74, 6) is 1.01. The molecule has 2 aromatic rings. The summed E-state index contributed by atoms with van der Waals surface area (Å²) < 4.78 is 5.53. The van der Waals surface area contributed by atoms with Crippen molar-refractivity contribution in [2.45, 2.75) is 25.1 Å². The third-order valence-corrected chi connectivity index (χ3v) is 4.19. The molecule has 19 heavy (non-hydrogen) atoms. The van der Waals surface area contributed by atoms with Crippen LogP contribution in [0.5, 0.6) is 5.75 Å². The van der Waals surface area contributed by atoms with Crippen LogP contribution in [-0.4, -0.2) is 6.61 Å². The van der Waals surface area contributed by atoms with E-state index in [-0.39, 0.29) is 5.38 Å². The molecule has 2 heteroatoms. The van der Waals surface area contributed by atoms with Gasteiger partial charge in [0, 0.05) is 6.42 Å². The maximum absolute atomic E-state index is 6.59. The Bertz CT molecular complexity index is 574. The summed E-state index contributed by atoms with van der Waals surface area (Å²) in [4.78, 5) is 0. The summed E-state index contributed by atoms with van der Waals surface area (Å²) in [6.07, 6.45) is 2.05. The molecule has 1 aliphatic heterocycles. The van der Waals surface area contributed by atoms with Gasteiger partial charge in [-0.15, -0.1) is 11.6 Å². The number of alkyl halides is 1. The van der Waals surface area contributed by atoms with Crippen LogP contribution in [0.15, 0.2) is 42.5 Å². The zero-order chi connectivity index (χ0) is 13.2. The van der Waals surface area contributed by atoms with Gasteiger partial charge in [-0.2, -0.15) is 0 Å². The quantitative estimate of drug-likeness (QED) is 0.747. The zero-order valence-electron chi connectivity index (χ0n) is 11.0. The van der Waals surface area contributed by atoms with Gasteiger partial charge in [0.1, 0.15) is 5.75 Å². The van der Waals surface area contributed by atoms with Crippen LogP contribution >= 0.6 is 11.6 Å². The molecular weight excluding hydrogens is 256 g/mol. The van der Waals surface area contributed by atoms with Gasteiger partial charge >= 0.3 is 0 Å². The lowest BCUT2D eigenvalue weighted by molar-refractivity contribution is 0.357. The highest BCUT2D eigenvalue weighted by atomic mass is 35.5. The van der Waals surface area contributed by atoms with Crippen molar-refractivity contribution in [3.8, 4) is 5.75 Å². The summed E-state index contributed by atoms with van der Waals surface area (Å²) >= 11 is 6.59. The fourth-order valence-corrected chi connectivity index (χ4v) is 2.76. The van der Waals surface area contributed by atoms with Crippen molar-refractivity contribution in [2.75, 3.05) is 6.61 Å². The number of ether oxygens (including phenoxy) is 1. The minimum Gasteiger partial charge on any atom is -0.493 e. The van der Waals surface area contributed by atoms with Crippen LogP contribution in [0.2, 0.25) is 0 Å². The third kappa shape index (κ3) is 2.48. The second-order valence-corrected chi connectivity index (χ2v) is 5.36. The molecule has 1 unspecified atom stereocenters. The molecule has 98 valence electrons. The van der Waals surface area contributed by atoms with Gasteiger partial charge in [0.25, 0.3) is 0 Å². The Hall–Kier alpha value is -1.47. The fourth-order valence-electron chi connectivity index (χ4n) is 2.48. The van der Waals surface area contributed by atoms with Crippen LogP contribution in [0, 0.1) is 0 Å². The number of hydrogen-bond donors (Lipinski definition) is 0. The van der Waals surface area contributed by atoms with E-state index in [0.717, 1.165) is 36.3 Å². The topological polar surface area (TPSA) is 9.23 Å². The molecule has 1 atom stereocenters. The van der Waals surface area contributed by atoms with Gasteiger partial charge in [0.05, 0.1) is 12.0 Å². The predicted molar refractivity (Wildman–Crippen MR) is 79.2 cm³/mol. The van der Waals surface area contributed by atoms with Crippen molar-refractivity contribution in [1.82, 2.24) is 0 Å². The predicted octanol–water partition coefficient (Wildman–Crippen LogP) is 4.51. The van der Waals surface area contributed by atoms with Gasteiger partial charge in [0.15, 0.2) is 0 Å². The van der Waals surface area contributed by atoms with Gasteiger partial charge in [-0.05, 0) is 34.7 Å². The Kier molecular flexibility index (Phi) is 3.48. The molecule has 0 saturated carbocycles. The van der Waals surface area contributed by atoms with Crippen LogP contribution in [0.3, 0.4) is 0 Å². The van der Waals surface area contributed by atoms with Crippen LogP contribution < -0.4 is 4.74 Å². The zero-order valence-corrected chi connectivity index (χ0v) is 11.8. The summed E-state index contributed by atoms with van der Waals surface area (Å²) in [6, 6.07) is 14.8. The van der Waals surface area contributed by atoms with Crippen LogP contribution in [0.1, 0.15) is 34.6 Å². The Labute approximate surface area is 119 Å². The van der Waals surface area contributed by atoms with E-state index in [2.05, 4.69) is 43.3 Å². The summed E-state index contributed by atoms with van der Waals surface area (Å²) in [5, 5.41) is -0.0863. The van der Waals surface area contributed by atoms with E-state index in [1.165, 1.54) is 11.1 Å². The van der Waals surface area contributed by atoms with E-state index in [4.69, 9.17) is 16.3 Å². The number of hydrogen-bond acceptors (Lipinski definition) is 1. The van der Waals surface area contributed by atoms with Crippen molar-refractivity contribution in [3.63, 3.8) is 0 Å². The highest BCUT2D eigenvalue weighted by molar-refractivity contribution is 6.22. The molecular formula is C17H17ClO. The lowest BCUT2D eigenvalue weighted by atomic mass is 10.00. The molecule has 1 heterocycles. The third-order valence-electron chi connectivity index (χ3n) is 3.69. The van der Waals surface area contributed by atoms with Crippen molar-refractivity contribution in [1.29, 1.82) is 0 Å². The molecule has 0 radical (unpaired) electrons. The number of fused-ring (bicyclic) bond motifs is 1. The van der Waals surface area contributed by atoms with Gasteiger partial charge in [-0.3, -0.25) is 0 Å². The van der Waals surface area contributed by atoms with Crippen molar-refractivity contribution in [3.05, 3.63) is 64.7 Å². The lowest BCUT2D eigenvalue weighted by Crippen LogP contribution is -1.94. The maximum Gasteiger partial charge on any atom is 0.122 e. The van der Waals surface area contributed by atoms with E-state index in [0.29, 0.717) is 0 Å². The maximum atomic E-state index is 6.59. The molecule has 0 spiro atoms. The molecule has 0 bridgehead atoms. The molecule has 0 fully saturated rings. The first-order valence-corrected chi connectivity index (χ1v) is 7.20.